The molecule has 0 radical (unpaired) electrons. The Morgan fingerprint density at radius 1 is 1.35 bits per heavy atom. The van der Waals surface area contributed by atoms with Gasteiger partial charge in [0.25, 0.3) is 0 Å². The number of rotatable bonds is 5. The minimum absolute atomic E-state index is 0.0683. The van der Waals surface area contributed by atoms with Gasteiger partial charge in [-0.3, -0.25) is 4.79 Å². The van der Waals surface area contributed by atoms with Gasteiger partial charge in [-0.25, -0.2) is 4.79 Å². The number of amides is 1. The Hall–Kier alpha value is -2.76. The van der Waals surface area contributed by atoms with Crippen LogP contribution in [0.25, 0.3) is 0 Å². The van der Waals surface area contributed by atoms with Gasteiger partial charge < -0.3 is 19.6 Å². The number of hydrogen-bond acceptors (Lipinski definition) is 4. The first kappa shape index (κ1) is 13.7. The van der Waals surface area contributed by atoms with Gasteiger partial charge in [0.2, 0.25) is 5.91 Å². The quantitative estimate of drug-likeness (QED) is 0.875. The second-order valence-corrected chi connectivity index (χ2v) is 4.07. The maximum absolute atomic E-state index is 11.1. The highest BCUT2D eigenvalue weighted by molar-refractivity contribution is 5.90. The van der Waals surface area contributed by atoms with Crippen molar-refractivity contribution in [3.05, 3.63) is 47.9 Å². The smallest absolute Gasteiger partial charge is 0.338 e. The molecule has 1 heterocycles. The Bertz CT molecular complexity index is 632. The third-order valence-electron chi connectivity index (χ3n) is 2.47. The molecule has 1 aromatic heterocycles. The van der Waals surface area contributed by atoms with Crippen molar-refractivity contribution >= 4 is 17.6 Å². The summed E-state index contributed by atoms with van der Waals surface area (Å²) >= 11 is 0. The zero-order valence-corrected chi connectivity index (χ0v) is 10.8. The van der Waals surface area contributed by atoms with Gasteiger partial charge in [0.05, 0.1) is 11.3 Å². The fraction of sp³-hybridized carbons (Fsp3) is 0.143. The van der Waals surface area contributed by atoms with Crippen molar-refractivity contribution in [2.75, 3.05) is 5.32 Å². The molecule has 2 rings (SSSR count). The molecule has 0 bridgehead atoms. The standard InChI is InChI=1S/C14H13NO5/c1-9(16)15-12-4-2-3-5-13(12)20-8-11-6-10(7-19-11)14(17)18/h2-7H,8H2,1H3,(H,15,16)(H,17,18). The molecule has 0 saturated carbocycles. The minimum Gasteiger partial charge on any atom is -0.483 e. The second-order valence-electron chi connectivity index (χ2n) is 4.07. The molecule has 0 unspecified atom stereocenters. The van der Waals surface area contributed by atoms with Crippen LogP contribution in [-0.4, -0.2) is 17.0 Å². The average molecular weight is 275 g/mol. The lowest BCUT2D eigenvalue weighted by Gasteiger charge is -2.10. The number of aromatic carboxylic acids is 1. The third kappa shape index (κ3) is 3.38. The molecule has 0 fully saturated rings. The number of carboxylic acid groups (broad SMARTS) is 1. The number of carbonyl (C=O) groups is 2. The highest BCUT2D eigenvalue weighted by Gasteiger charge is 2.10. The van der Waals surface area contributed by atoms with E-state index in [-0.39, 0.29) is 18.1 Å². The molecule has 20 heavy (non-hydrogen) atoms. The molecule has 0 atom stereocenters. The maximum Gasteiger partial charge on any atom is 0.338 e. The van der Waals surface area contributed by atoms with Gasteiger partial charge in [-0.15, -0.1) is 0 Å². The molecular formula is C14H13NO5. The fourth-order valence-corrected chi connectivity index (χ4v) is 1.60. The molecule has 2 aromatic rings. The summed E-state index contributed by atoms with van der Waals surface area (Å²) in [6.45, 7) is 1.48. The zero-order valence-electron chi connectivity index (χ0n) is 10.8. The van der Waals surface area contributed by atoms with E-state index in [2.05, 4.69) is 5.32 Å². The first-order chi connectivity index (χ1) is 9.56. The van der Waals surface area contributed by atoms with E-state index in [0.29, 0.717) is 17.2 Å². The fourth-order valence-electron chi connectivity index (χ4n) is 1.60. The number of carboxylic acids is 1. The number of hydrogen-bond donors (Lipinski definition) is 2. The molecule has 0 spiro atoms. The summed E-state index contributed by atoms with van der Waals surface area (Å²) in [4.78, 5) is 21.8. The Morgan fingerprint density at radius 2 is 2.10 bits per heavy atom. The SMILES string of the molecule is CC(=O)Nc1ccccc1OCc1cc(C(=O)O)co1. The van der Waals surface area contributed by atoms with Crippen molar-refractivity contribution in [3.8, 4) is 5.75 Å². The number of carbonyl (C=O) groups excluding carboxylic acids is 1. The number of para-hydroxylation sites is 2. The van der Waals surface area contributed by atoms with Gasteiger partial charge in [-0.1, -0.05) is 12.1 Å². The Labute approximate surface area is 115 Å². The molecule has 2 N–H and O–H groups in total. The minimum atomic E-state index is -1.06. The third-order valence-corrected chi connectivity index (χ3v) is 2.47. The zero-order chi connectivity index (χ0) is 14.5. The summed E-state index contributed by atoms with van der Waals surface area (Å²) in [6, 6.07) is 8.34. The largest absolute Gasteiger partial charge is 0.483 e. The van der Waals surface area contributed by atoms with Crippen molar-refractivity contribution in [3.63, 3.8) is 0 Å². The van der Waals surface area contributed by atoms with Gasteiger partial charge in [0.15, 0.2) is 0 Å². The molecule has 1 amide bonds. The highest BCUT2D eigenvalue weighted by atomic mass is 16.5. The lowest BCUT2D eigenvalue weighted by Crippen LogP contribution is -2.07. The van der Waals surface area contributed by atoms with Crippen LogP contribution in [0, 0.1) is 0 Å². The van der Waals surface area contributed by atoms with E-state index in [0.717, 1.165) is 6.26 Å². The van der Waals surface area contributed by atoms with Crippen LogP contribution < -0.4 is 10.1 Å². The van der Waals surface area contributed by atoms with Crippen LogP contribution in [0.1, 0.15) is 23.0 Å². The summed E-state index contributed by atoms with van der Waals surface area (Å²) in [5, 5.41) is 11.4. The number of ether oxygens (including phenoxy) is 1. The summed E-state index contributed by atoms with van der Waals surface area (Å²) in [6.07, 6.45) is 1.15. The molecule has 0 aliphatic heterocycles. The van der Waals surface area contributed by atoms with Gasteiger partial charge in [-0.2, -0.15) is 0 Å². The number of benzene rings is 1. The van der Waals surface area contributed by atoms with E-state index < -0.39 is 5.97 Å². The predicted octanol–water partition coefficient (Wildman–Crippen LogP) is 2.52. The van der Waals surface area contributed by atoms with E-state index in [9.17, 15) is 9.59 Å². The van der Waals surface area contributed by atoms with Gasteiger partial charge in [0.1, 0.15) is 24.4 Å². The number of nitrogens with one attached hydrogen (secondary N) is 1. The van der Waals surface area contributed by atoms with E-state index in [1.165, 1.54) is 13.0 Å². The first-order valence-electron chi connectivity index (χ1n) is 5.86. The van der Waals surface area contributed by atoms with E-state index >= 15 is 0 Å². The molecular weight excluding hydrogens is 262 g/mol. The molecule has 6 nitrogen and oxygen atoms in total. The van der Waals surface area contributed by atoms with Crippen LogP contribution in [0.4, 0.5) is 5.69 Å². The van der Waals surface area contributed by atoms with Crippen molar-refractivity contribution < 1.29 is 23.8 Å². The van der Waals surface area contributed by atoms with Crippen LogP contribution >= 0.6 is 0 Å². The first-order valence-corrected chi connectivity index (χ1v) is 5.86. The monoisotopic (exact) mass is 275 g/mol. The van der Waals surface area contributed by atoms with E-state index in [1.807, 2.05) is 0 Å². The normalized spacial score (nSPS) is 10.1. The molecule has 6 heteroatoms. The highest BCUT2D eigenvalue weighted by Crippen LogP contribution is 2.24. The Morgan fingerprint density at radius 3 is 2.75 bits per heavy atom. The lowest BCUT2D eigenvalue weighted by molar-refractivity contribution is -0.114. The molecule has 1 aromatic carbocycles. The van der Waals surface area contributed by atoms with Crippen molar-refractivity contribution in [2.24, 2.45) is 0 Å². The van der Waals surface area contributed by atoms with E-state index in [1.54, 1.807) is 24.3 Å². The molecule has 0 saturated heterocycles. The topological polar surface area (TPSA) is 88.8 Å². The van der Waals surface area contributed by atoms with Crippen molar-refractivity contribution in [1.82, 2.24) is 0 Å². The molecule has 104 valence electrons. The molecule has 0 aliphatic rings. The van der Waals surface area contributed by atoms with Crippen LogP contribution in [0.5, 0.6) is 5.75 Å². The summed E-state index contributed by atoms with van der Waals surface area (Å²) in [5.74, 6) is -0.387. The predicted molar refractivity (Wildman–Crippen MR) is 70.7 cm³/mol. The molecule has 0 aliphatic carbocycles. The summed E-state index contributed by atoms with van der Waals surface area (Å²) in [7, 11) is 0. The van der Waals surface area contributed by atoms with E-state index in [4.69, 9.17) is 14.3 Å². The second kappa shape index (κ2) is 5.92. The van der Waals surface area contributed by atoms with Crippen molar-refractivity contribution in [2.45, 2.75) is 13.5 Å². The summed E-state index contributed by atoms with van der Waals surface area (Å²) < 4.78 is 10.6. The summed E-state index contributed by atoms with van der Waals surface area (Å²) in [5.41, 5.74) is 0.615. The lowest BCUT2D eigenvalue weighted by atomic mass is 10.3. The Balaban J connectivity index is 2.06. The van der Waals surface area contributed by atoms with Crippen molar-refractivity contribution in [1.29, 1.82) is 0 Å². The van der Waals surface area contributed by atoms with Gasteiger partial charge in [-0.05, 0) is 18.2 Å². The van der Waals surface area contributed by atoms with Gasteiger partial charge in [0, 0.05) is 6.92 Å². The number of furan rings is 1. The average Bonchev–Trinajstić information content (AvgIpc) is 2.86. The van der Waals surface area contributed by atoms with Crippen LogP contribution in [0.15, 0.2) is 41.0 Å². The van der Waals surface area contributed by atoms with Crippen LogP contribution in [-0.2, 0) is 11.4 Å². The van der Waals surface area contributed by atoms with Gasteiger partial charge >= 0.3 is 5.97 Å². The van der Waals surface area contributed by atoms with Crippen LogP contribution in [0.2, 0.25) is 0 Å². The Kier molecular flexibility index (Phi) is 4.05. The maximum atomic E-state index is 11.1. The number of anilines is 1. The van der Waals surface area contributed by atoms with Crippen LogP contribution in [0.3, 0.4) is 0 Å².